The maximum atomic E-state index is 13.5. The number of alkyl halides is 3. The lowest BCUT2D eigenvalue weighted by Crippen LogP contribution is -2.49. The Bertz CT molecular complexity index is 1160. The quantitative estimate of drug-likeness (QED) is 0.609. The number of aryl methyl sites for hydroxylation is 1. The second-order valence-electron chi connectivity index (χ2n) is 9.03. The monoisotopic (exact) mass is 461 g/mol. The number of nitrogens with one attached hydrogen (secondary N) is 2. The van der Waals surface area contributed by atoms with E-state index < -0.39 is 18.5 Å². The summed E-state index contributed by atoms with van der Waals surface area (Å²) in [6.07, 6.45) is 2.52. The predicted octanol–water partition coefficient (Wildman–Crippen LogP) is 3.28. The van der Waals surface area contributed by atoms with Crippen molar-refractivity contribution < 1.29 is 18.0 Å². The number of carbonyl (C=O) groups is 1. The van der Waals surface area contributed by atoms with Gasteiger partial charge in [0.15, 0.2) is 5.65 Å². The molecule has 0 radical (unpaired) electrons. The van der Waals surface area contributed by atoms with Gasteiger partial charge < -0.3 is 10.2 Å². The Kier molecular flexibility index (Phi) is 5.59. The molecule has 1 amide bonds. The fourth-order valence-corrected chi connectivity index (χ4v) is 4.81. The molecule has 8 nitrogen and oxygen atoms in total. The summed E-state index contributed by atoms with van der Waals surface area (Å²) in [5, 5.41) is 13.7. The lowest BCUT2D eigenvalue weighted by molar-refractivity contribution is -0.127. The number of fused-ring (bicyclic) bond motifs is 1. The fraction of sp³-hybridized carbons (Fsp3) is 0.545. The number of H-pyrrole nitrogens is 1. The standard InChI is InChI=1S/C22H26F3N7O/c1-13-9-14(11-32-20(13)26-12-27-32)18-17(10-22(23,24)25)19(30-29-18)21(33)28-15-5-7-31(8-6-15)16-3-2-4-16/h9,11-12,15-16H,2-8,10H2,1H3,(H,28,33)(H,29,30). The van der Waals surface area contributed by atoms with Crippen LogP contribution in [0.15, 0.2) is 18.6 Å². The highest BCUT2D eigenvalue weighted by Gasteiger charge is 2.35. The van der Waals surface area contributed by atoms with Crippen LogP contribution in [0, 0.1) is 6.92 Å². The number of piperidine rings is 1. The second-order valence-corrected chi connectivity index (χ2v) is 9.03. The Hall–Kier alpha value is -2.95. The molecule has 2 fully saturated rings. The lowest BCUT2D eigenvalue weighted by atomic mass is 9.89. The van der Waals surface area contributed by atoms with Gasteiger partial charge in [-0.15, -0.1) is 0 Å². The van der Waals surface area contributed by atoms with Crippen LogP contribution in [0.2, 0.25) is 0 Å². The van der Waals surface area contributed by atoms with E-state index in [0.29, 0.717) is 17.3 Å². The molecule has 0 bridgehead atoms. The molecule has 3 aromatic heterocycles. The molecule has 33 heavy (non-hydrogen) atoms. The Morgan fingerprint density at radius 1 is 1.24 bits per heavy atom. The predicted molar refractivity (Wildman–Crippen MR) is 115 cm³/mol. The van der Waals surface area contributed by atoms with Gasteiger partial charge in [-0.1, -0.05) is 6.42 Å². The van der Waals surface area contributed by atoms with Gasteiger partial charge in [-0.2, -0.15) is 23.4 Å². The zero-order valence-corrected chi connectivity index (χ0v) is 18.3. The van der Waals surface area contributed by atoms with E-state index >= 15 is 0 Å². The summed E-state index contributed by atoms with van der Waals surface area (Å²) in [7, 11) is 0. The van der Waals surface area contributed by atoms with Gasteiger partial charge in [0, 0.05) is 42.5 Å². The molecule has 11 heteroatoms. The van der Waals surface area contributed by atoms with E-state index in [4.69, 9.17) is 0 Å². The Labute approximate surface area is 188 Å². The number of halogens is 3. The fourth-order valence-electron chi connectivity index (χ4n) is 4.81. The maximum absolute atomic E-state index is 13.5. The highest BCUT2D eigenvalue weighted by Crippen LogP contribution is 2.32. The normalized spacial score (nSPS) is 18.5. The van der Waals surface area contributed by atoms with E-state index in [9.17, 15) is 18.0 Å². The van der Waals surface area contributed by atoms with Crippen LogP contribution in [-0.2, 0) is 6.42 Å². The number of aromatic amines is 1. The molecule has 1 saturated carbocycles. The van der Waals surface area contributed by atoms with E-state index in [1.54, 1.807) is 19.2 Å². The molecule has 0 aromatic carbocycles. The summed E-state index contributed by atoms with van der Waals surface area (Å²) in [6, 6.07) is 2.30. The molecule has 1 aliphatic heterocycles. The number of hydrogen-bond acceptors (Lipinski definition) is 5. The Morgan fingerprint density at radius 3 is 2.67 bits per heavy atom. The molecule has 176 valence electrons. The topological polar surface area (TPSA) is 91.2 Å². The third-order valence-corrected chi connectivity index (χ3v) is 6.76. The first-order valence-corrected chi connectivity index (χ1v) is 11.3. The van der Waals surface area contributed by atoms with Crippen LogP contribution in [0.5, 0.6) is 0 Å². The lowest BCUT2D eigenvalue weighted by Gasteiger charge is -2.41. The number of aromatic nitrogens is 5. The number of carbonyl (C=O) groups excluding carboxylic acids is 1. The van der Waals surface area contributed by atoms with Crippen molar-refractivity contribution in [3.63, 3.8) is 0 Å². The first kappa shape index (κ1) is 21.9. The molecule has 1 aliphatic carbocycles. The molecule has 0 unspecified atom stereocenters. The van der Waals surface area contributed by atoms with Crippen LogP contribution in [0.1, 0.15) is 53.7 Å². The van der Waals surface area contributed by atoms with Crippen LogP contribution in [-0.4, -0.2) is 67.0 Å². The number of nitrogens with zero attached hydrogens (tertiary/aromatic N) is 5. The number of amides is 1. The number of likely N-dealkylation sites (tertiary alicyclic amines) is 1. The van der Waals surface area contributed by atoms with Gasteiger partial charge in [0.2, 0.25) is 0 Å². The SMILES string of the molecule is Cc1cc(-c2n[nH]c(C(=O)NC3CCN(C4CCC4)CC3)c2CC(F)(F)F)cn2ncnc12. The van der Waals surface area contributed by atoms with Crippen LogP contribution in [0.25, 0.3) is 16.9 Å². The summed E-state index contributed by atoms with van der Waals surface area (Å²) in [5.41, 5.74) is 1.59. The molecule has 1 saturated heterocycles. The summed E-state index contributed by atoms with van der Waals surface area (Å²) in [6.45, 7) is 3.60. The van der Waals surface area contributed by atoms with E-state index in [1.807, 2.05) is 0 Å². The van der Waals surface area contributed by atoms with Crippen molar-refractivity contribution in [1.82, 2.24) is 35.0 Å². The van der Waals surface area contributed by atoms with Crippen molar-refractivity contribution in [2.75, 3.05) is 13.1 Å². The molecule has 4 heterocycles. The number of hydrogen-bond donors (Lipinski definition) is 2. The molecular formula is C22H26F3N7O. The first-order chi connectivity index (χ1) is 15.8. The zero-order valence-electron chi connectivity index (χ0n) is 18.3. The molecule has 2 aliphatic rings. The minimum Gasteiger partial charge on any atom is -0.348 e. The summed E-state index contributed by atoms with van der Waals surface area (Å²) < 4.78 is 41.8. The van der Waals surface area contributed by atoms with E-state index in [-0.39, 0.29) is 23.0 Å². The van der Waals surface area contributed by atoms with Crippen molar-refractivity contribution in [1.29, 1.82) is 0 Å². The second kappa shape index (κ2) is 8.44. The summed E-state index contributed by atoms with van der Waals surface area (Å²) in [4.78, 5) is 19.6. The summed E-state index contributed by atoms with van der Waals surface area (Å²) in [5.74, 6) is -0.548. The molecule has 0 spiro atoms. The molecule has 2 N–H and O–H groups in total. The highest BCUT2D eigenvalue weighted by molar-refractivity contribution is 5.95. The van der Waals surface area contributed by atoms with Crippen molar-refractivity contribution in [2.24, 2.45) is 0 Å². The smallest absolute Gasteiger partial charge is 0.348 e. The van der Waals surface area contributed by atoms with E-state index in [1.165, 1.54) is 30.1 Å². The third-order valence-electron chi connectivity index (χ3n) is 6.76. The Morgan fingerprint density at radius 2 is 2.00 bits per heavy atom. The van der Waals surface area contributed by atoms with Gasteiger partial charge in [-0.05, 0) is 44.2 Å². The minimum atomic E-state index is -4.49. The van der Waals surface area contributed by atoms with Crippen molar-refractivity contribution in [3.8, 4) is 11.3 Å². The maximum Gasteiger partial charge on any atom is 0.393 e. The average Bonchev–Trinajstić information content (AvgIpc) is 3.34. The zero-order chi connectivity index (χ0) is 23.2. The van der Waals surface area contributed by atoms with Crippen molar-refractivity contribution in [3.05, 3.63) is 35.4 Å². The first-order valence-electron chi connectivity index (χ1n) is 11.3. The number of pyridine rings is 1. The van der Waals surface area contributed by atoms with Crippen LogP contribution >= 0.6 is 0 Å². The van der Waals surface area contributed by atoms with Gasteiger partial charge >= 0.3 is 6.18 Å². The van der Waals surface area contributed by atoms with Gasteiger partial charge in [0.05, 0.1) is 12.1 Å². The molecule has 5 rings (SSSR count). The van der Waals surface area contributed by atoms with Gasteiger partial charge in [-0.25, -0.2) is 9.50 Å². The van der Waals surface area contributed by atoms with Gasteiger partial charge in [0.25, 0.3) is 5.91 Å². The number of rotatable bonds is 5. The molecular weight excluding hydrogens is 435 g/mol. The summed E-state index contributed by atoms with van der Waals surface area (Å²) >= 11 is 0. The van der Waals surface area contributed by atoms with E-state index in [2.05, 4.69) is 30.5 Å². The average molecular weight is 461 g/mol. The van der Waals surface area contributed by atoms with Gasteiger partial charge in [-0.3, -0.25) is 9.89 Å². The third kappa shape index (κ3) is 4.46. The minimum absolute atomic E-state index is 0.0620. The Balaban J connectivity index is 1.38. The molecule has 3 aromatic rings. The van der Waals surface area contributed by atoms with E-state index in [0.717, 1.165) is 31.5 Å². The highest BCUT2D eigenvalue weighted by atomic mass is 19.4. The van der Waals surface area contributed by atoms with Crippen LogP contribution in [0.4, 0.5) is 13.2 Å². The largest absolute Gasteiger partial charge is 0.393 e. The molecule has 0 atom stereocenters. The van der Waals surface area contributed by atoms with Gasteiger partial charge in [0.1, 0.15) is 12.0 Å². The van der Waals surface area contributed by atoms with Crippen molar-refractivity contribution in [2.45, 2.75) is 63.7 Å². The van der Waals surface area contributed by atoms with Crippen LogP contribution in [0.3, 0.4) is 0 Å². The van der Waals surface area contributed by atoms with Crippen LogP contribution < -0.4 is 5.32 Å². The van der Waals surface area contributed by atoms with Crippen molar-refractivity contribution >= 4 is 11.6 Å².